The third-order valence-electron chi connectivity index (χ3n) is 2.88. The van der Waals surface area contributed by atoms with Gasteiger partial charge in [0, 0.05) is 16.7 Å². The summed E-state index contributed by atoms with van der Waals surface area (Å²) in [6, 6.07) is 9.13. The average Bonchev–Trinajstić information content (AvgIpc) is 2.47. The molecule has 0 atom stereocenters. The summed E-state index contributed by atoms with van der Waals surface area (Å²) in [6.45, 7) is 6.80. The Morgan fingerprint density at radius 1 is 1.27 bits per heavy atom. The van der Waals surface area contributed by atoms with E-state index in [1.165, 1.54) is 0 Å². The van der Waals surface area contributed by atoms with Gasteiger partial charge in [-0.3, -0.25) is 4.79 Å². The highest BCUT2D eigenvalue weighted by molar-refractivity contribution is 9.10. The molecular weight excluding hydrogens is 344 g/mol. The molecule has 0 saturated carbocycles. The van der Waals surface area contributed by atoms with E-state index < -0.39 is 0 Å². The maximum atomic E-state index is 12.4. The van der Waals surface area contributed by atoms with Gasteiger partial charge in [0.25, 0.3) is 5.91 Å². The van der Waals surface area contributed by atoms with Crippen molar-refractivity contribution in [2.45, 2.75) is 20.8 Å². The van der Waals surface area contributed by atoms with Gasteiger partial charge in [-0.2, -0.15) is 0 Å². The van der Waals surface area contributed by atoms with Crippen molar-refractivity contribution in [1.82, 2.24) is 9.97 Å². The molecule has 6 heteroatoms. The second-order valence-electron chi connectivity index (χ2n) is 5.43. The highest BCUT2D eigenvalue weighted by Gasteiger charge is 2.12. The van der Waals surface area contributed by atoms with Crippen molar-refractivity contribution in [1.29, 1.82) is 0 Å². The lowest BCUT2D eigenvalue weighted by Crippen LogP contribution is -2.17. The summed E-state index contributed by atoms with van der Waals surface area (Å²) in [7, 11) is 0. The van der Waals surface area contributed by atoms with Gasteiger partial charge in [0.15, 0.2) is 0 Å². The standard InChI is InChI=1S/C16H19BrN4O/c1-10(2)9-18-16-19-11(3)8-14(21-16)15(22)20-13-7-5-4-6-12(13)17/h4-8,10H,9H2,1-3H3,(H,20,22)(H,18,19,21). The smallest absolute Gasteiger partial charge is 0.274 e. The van der Waals surface area contributed by atoms with Crippen LogP contribution in [0.4, 0.5) is 11.6 Å². The van der Waals surface area contributed by atoms with Gasteiger partial charge in [-0.15, -0.1) is 0 Å². The Bertz CT molecular complexity index is 673. The predicted molar refractivity (Wildman–Crippen MR) is 92.2 cm³/mol. The third-order valence-corrected chi connectivity index (χ3v) is 3.57. The van der Waals surface area contributed by atoms with E-state index in [4.69, 9.17) is 0 Å². The Hall–Kier alpha value is -1.95. The first-order valence-electron chi connectivity index (χ1n) is 7.11. The molecule has 2 aromatic rings. The van der Waals surface area contributed by atoms with E-state index in [-0.39, 0.29) is 5.91 Å². The summed E-state index contributed by atoms with van der Waals surface area (Å²) >= 11 is 3.41. The lowest BCUT2D eigenvalue weighted by molar-refractivity contribution is 0.102. The Kier molecular flexibility index (Phi) is 5.49. The van der Waals surface area contributed by atoms with Crippen LogP contribution in [-0.2, 0) is 0 Å². The van der Waals surface area contributed by atoms with E-state index >= 15 is 0 Å². The molecule has 1 aromatic carbocycles. The molecule has 1 heterocycles. The SMILES string of the molecule is Cc1cc(C(=O)Nc2ccccc2Br)nc(NCC(C)C)n1. The van der Waals surface area contributed by atoms with E-state index in [1.807, 2.05) is 31.2 Å². The van der Waals surface area contributed by atoms with Crippen molar-refractivity contribution in [3.8, 4) is 0 Å². The first kappa shape index (κ1) is 16.4. The van der Waals surface area contributed by atoms with Gasteiger partial charge in [0.05, 0.1) is 5.69 Å². The molecule has 116 valence electrons. The summed E-state index contributed by atoms with van der Waals surface area (Å²) in [6.07, 6.45) is 0. The Balaban J connectivity index is 2.17. The van der Waals surface area contributed by atoms with Crippen molar-refractivity contribution in [2.75, 3.05) is 17.2 Å². The summed E-state index contributed by atoms with van der Waals surface area (Å²) in [5, 5.41) is 5.99. The first-order chi connectivity index (χ1) is 10.5. The van der Waals surface area contributed by atoms with Crippen LogP contribution in [0, 0.1) is 12.8 Å². The number of carbonyl (C=O) groups is 1. The zero-order valence-corrected chi connectivity index (χ0v) is 14.4. The number of aromatic nitrogens is 2. The molecule has 22 heavy (non-hydrogen) atoms. The van der Waals surface area contributed by atoms with Crippen molar-refractivity contribution in [3.63, 3.8) is 0 Å². The molecule has 0 unspecified atom stereocenters. The van der Waals surface area contributed by atoms with E-state index in [0.717, 1.165) is 16.7 Å². The van der Waals surface area contributed by atoms with Crippen LogP contribution >= 0.6 is 15.9 Å². The fourth-order valence-electron chi connectivity index (χ4n) is 1.81. The van der Waals surface area contributed by atoms with Gasteiger partial charge in [0.1, 0.15) is 5.69 Å². The number of carbonyl (C=O) groups excluding carboxylic acids is 1. The van der Waals surface area contributed by atoms with Gasteiger partial charge in [-0.25, -0.2) is 9.97 Å². The number of halogens is 1. The summed E-state index contributed by atoms with van der Waals surface area (Å²) in [5.41, 5.74) is 1.80. The molecule has 0 spiro atoms. The molecule has 0 saturated heterocycles. The van der Waals surface area contributed by atoms with Crippen LogP contribution in [0.1, 0.15) is 30.0 Å². The van der Waals surface area contributed by atoms with Crippen molar-refractivity contribution in [3.05, 3.63) is 46.2 Å². The summed E-state index contributed by atoms with van der Waals surface area (Å²) in [4.78, 5) is 20.9. The van der Waals surface area contributed by atoms with Crippen LogP contribution in [-0.4, -0.2) is 22.4 Å². The lowest BCUT2D eigenvalue weighted by atomic mass is 10.2. The molecule has 1 aromatic heterocycles. The maximum Gasteiger partial charge on any atom is 0.274 e. The quantitative estimate of drug-likeness (QED) is 0.846. The number of anilines is 2. The highest BCUT2D eigenvalue weighted by atomic mass is 79.9. The average molecular weight is 363 g/mol. The number of aryl methyl sites for hydroxylation is 1. The predicted octanol–water partition coefficient (Wildman–Crippen LogP) is 3.87. The molecule has 2 N–H and O–H groups in total. The fourth-order valence-corrected chi connectivity index (χ4v) is 2.19. The zero-order chi connectivity index (χ0) is 16.1. The number of hydrogen-bond donors (Lipinski definition) is 2. The normalized spacial score (nSPS) is 10.6. The number of rotatable bonds is 5. The molecule has 0 fully saturated rings. The van der Waals surface area contributed by atoms with E-state index in [1.54, 1.807) is 6.07 Å². The Morgan fingerprint density at radius 2 is 2.00 bits per heavy atom. The highest BCUT2D eigenvalue weighted by Crippen LogP contribution is 2.21. The summed E-state index contributed by atoms with van der Waals surface area (Å²) < 4.78 is 0.826. The Labute approximate surface area is 138 Å². The van der Waals surface area contributed by atoms with Crippen LogP contribution in [0.25, 0.3) is 0 Å². The molecule has 0 bridgehead atoms. The number of nitrogens with one attached hydrogen (secondary N) is 2. The number of amides is 1. The number of para-hydroxylation sites is 1. The largest absolute Gasteiger partial charge is 0.354 e. The minimum atomic E-state index is -0.259. The van der Waals surface area contributed by atoms with Gasteiger partial charge in [-0.1, -0.05) is 26.0 Å². The molecule has 0 aliphatic rings. The molecule has 0 radical (unpaired) electrons. The van der Waals surface area contributed by atoms with Crippen LogP contribution in [0.3, 0.4) is 0 Å². The first-order valence-corrected chi connectivity index (χ1v) is 7.90. The number of benzene rings is 1. The fraction of sp³-hybridized carbons (Fsp3) is 0.312. The molecule has 0 aliphatic carbocycles. The van der Waals surface area contributed by atoms with E-state index in [2.05, 4.69) is 50.4 Å². The van der Waals surface area contributed by atoms with Gasteiger partial charge in [0.2, 0.25) is 5.95 Å². The van der Waals surface area contributed by atoms with Gasteiger partial charge >= 0.3 is 0 Å². The molecular formula is C16H19BrN4O. The molecule has 2 rings (SSSR count). The van der Waals surface area contributed by atoms with Gasteiger partial charge < -0.3 is 10.6 Å². The van der Waals surface area contributed by atoms with Gasteiger partial charge in [-0.05, 0) is 47.0 Å². The number of nitrogens with zero attached hydrogens (tertiary/aromatic N) is 2. The molecule has 1 amide bonds. The summed E-state index contributed by atoms with van der Waals surface area (Å²) in [5.74, 6) is 0.692. The van der Waals surface area contributed by atoms with E-state index in [9.17, 15) is 4.79 Å². The second kappa shape index (κ2) is 7.35. The van der Waals surface area contributed by atoms with Crippen molar-refractivity contribution < 1.29 is 4.79 Å². The zero-order valence-electron chi connectivity index (χ0n) is 12.9. The molecule has 0 aliphatic heterocycles. The monoisotopic (exact) mass is 362 g/mol. The van der Waals surface area contributed by atoms with E-state index in [0.29, 0.717) is 23.2 Å². The second-order valence-corrected chi connectivity index (χ2v) is 6.28. The van der Waals surface area contributed by atoms with Crippen LogP contribution in [0.5, 0.6) is 0 Å². The Morgan fingerprint density at radius 3 is 2.68 bits per heavy atom. The van der Waals surface area contributed by atoms with Crippen LogP contribution in [0.2, 0.25) is 0 Å². The van der Waals surface area contributed by atoms with Crippen LogP contribution < -0.4 is 10.6 Å². The van der Waals surface area contributed by atoms with Crippen molar-refractivity contribution >= 4 is 33.5 Å². The lowest BCUT2D eigenvalue weighted by Gasteiger charge is -2.10. The van der Waals surface area contributed by atoms with Crippen molar-refractivity contribution in [2.24, 2.45) is 5.92 Å². The minimum Gasteiger partial charge on any atom is -0.354 e. The topological polar surface area (TPSA) is 66.9 Å². The third kappa shape index (κ3) is 4.53. The minimum absolute atomic E-state index is 0.259. The number of hydrogen-bond acceptors (Lipinski definition) is 4. The van der Waals surface area contributed by atoms with Crippen LogP contribution in [0.15, 0.2) is 34.8 Å². The maximum absolute atomic E-state index is 12.4. The molecule has 5 nitrogen and oxygen atoms in total.